The molecule has 0 saturated carbocycles. The summed E-state index contributed by atoms with van der Waals surface area (Å²) in [6.07, 6.45) is 0. The molecule has 3 aromatic rings. The molecule has 1 N–H and O–H groups in total. The summed E-state index contributed by atoms with van der Waals surface area (Å²) in [5, 5.41) is 4.09. The maximum absolute atomic E-state index is 12.9. The van der Waals surface area contributed by atoms with Gasteiger partial charge >= 0.3 is 0 Å². The zero-order chi connectivity index (χ0) is 24.7. The van der Waals surface area contributed by atoms with Crippen LogP contribution in [0.25, 0.3) is 0 Å². The van der Waals surface area contributed by atoms with Gasteiger partial charge in [0.05, 0.1) is 17.7 Å². The molecule has 1 amide bonds. The molecule has 0 bridgehead atoms. The van der Waals surface area contributed by atoms with Gasteiger partial charge in [-0.2, -0.15) is 11.8 Å². The number of anilines is 1. The molecule has 3 aromatic carbocycles. The Bertz CT molecular complexity index is 1230. The van der Waals surface area contributed by atoms with Gasteiger partial charge in [0.2, 0.25) is 0 Å². The van der Waals surface area contributed by atoms with Gasteiger partial charge < -0.3 is 10.1 Å². The van der Waals surface area contributed by atoms with Crippen LogP contribution in [0.2, 0.25) is 10.0 Å². The number of methoxy groups -OCH3 is 1. The maximum atomic E-state index is 12.9. The number of carbonyl (C=O) groups is 1. The number of sulfonamides is 1. The molecule has 0 aliphatic rings. The Morgan fingerprint density at radius 3 is 2.32 bits per heavy atom. The number of hydrogen-bond acceptors (Lipinski definition) is 5. The van der Waals surface area contributed by atoms with E-state index in [2.05, 4.69) is 5.32 Å². The van der Waals surface area contributed by atoms with E-state index in [-0.39, 0.29) is 10.8 Å². The third-order valence-corrected chi connectivity index (χ3v) is 8.41. The van der Waals surface area contributed by atoms with Crippen LogP contribution in [0.15, 0.2) is 71.6 Å². The fraction of sp³-hybridized carbons (Fsp3) is 0.208. The number of hydrogen-bond donors (Lipinski definition) is 1. The van der Waals surface area contributed by atoms with Gasteiger partial charge in [-0.3, -0.25) is 9.10 Å². The first-order chi connectivity index (χ1) is 16.2. The molecule has 0 atom stereocenters. The number of rotatable bonds is 10. The van der Waals surface area contributed by atoms with Crippen LogP contribution in [0.5, 0.6) is 5.75 Å². The second-order valence-electron chi connectivity index (χ2n) is 7.24. The van der Waals surface area contributed by atoms with E-state index in [9.17, 15) is 13.2 Å². The molecule has 34 heavy (non-hydrogen) atoms. The summed E-state index contributed by atoms with van der Waals surface area (Å²) in [4.78, 5) is 12.6. The van der Waals surface area contributed by atoms with Crippen molar-refractivity contribution in [1.29, 1.82) is 0 Å². The van der Waals surface area contributed by atoms with Crippen molar-refractivity contribution >= 4 is 56.6 Å². The second-order valence-corrected chi connectivity index (χ2v) is 11.2. The van der Waals surface area contributed by atoms with Crippen molar-refractivity contribution in [1.82, 2.24) is 5.32 Å². The molecule has 0 radical (unpaired) electrons. The predicted octanol–water partition coefficient (Wildman–Crippen LogP) is 5.49. The molecule has 6 nitrogen and oxygen atoms in total. The summed E-state index contributed by atoms with van der Waals surface area (Å²) in [5.41, 5.74) is 1.89. The minimum absolute atomic E-state index is 0.148. The van der Waals surface area contributed by atoms with Gasteiger partial charge in [-0.15, -0.1) is 0 Å². The molecule has 0 saturated heterocycles. The van der Waals surface area contributed by atoms with Gasteiger partial charge in [-0.25, -0.2) is 8.42 Å². The van der Waals surface area contributed by atoms with Crippen molar-refractivity contribution in [3.05, 3.63) is 87.9 Å². The second kappa shape index (κ2) is 11.8. The summed E-state index contributed by atoms with van der Waals surface area (Å²) in [6, 6.07) is 18.0. The molecule has 0 spiro atoms. The van der Waals surface area contributed by atoms with Crippen molar-refractivity contribution in [3.63, 3.8) is 0 Å². The van der Waals surface area contributed by atoms with E-state index in [1.807, 2.05) is 6.07 Å². The summed E-state index contributed by atoms with van der Waals surface area (Å²) in [5.74, 6) is 1.78. The molecular weight excluding hydrogens is 515 g/mol. The molecule has 0 fully saturated rings. The van der Waals surface area contributed by atoms with Crippen LogP contribution in [-0.2, 0) is 15.8 Å². The van der Waals surface area contributed by atoms with Crippen LogP contribution < -0.4 is 14.4 Å². The van der Waals surface area contributed by atoms with E-state index in [1.54, 1.807) is 60.3 Å². The van der Waals surface area contributed by atoms with Crippen LogP contribution in [0.3, 0.4) is 0 Å². The lowest BCUT2D eigenvalue weighted by Gasteiger charge is -2.20. The summed E-state index contributed by atoms with van der Waals surface area (Å²) < 4.78 is 32.0. The van der Waals surface area contributed by atoms with Gasteiger partial charge in [0, 0.05) is 40.7 Å². The van der Waals surface area contributed by atoms with Crippen LogP contribution in [0.4, 0.5) is 5.69 Å². The van der Waals surface area contributed by atoms with Crippen LogP contribution in [0.1, 0.15) is 15.9 Å². The number of nitrogens with zero attached hydrogens (tertiary/aromatic N) is 1. The minimum Gasteiger partial charge on any atom is -0.497 e. The molecule has 0 unspecified atom stereocenters. The number of thioether (sulfide) groups is 1. The normalized spacial score (nSPS) is 11.2. The van der Waals surface area contributed by atoms with Crippen molar-refractivity contribution in [2.45, 2.75) is 10.6 Å². The van der Waals surface area contributed by atoms with E-state index < -0.39 is 10.0 Å². The fourth-order valence-electron chi connectivity index (χ4n) is 3.03. The lowest BCUT2D eigenvalue weighted by atomic mass is 10.2. The molecular formula is C24H24Cl2N2O4S2. The van der Waals surface area contributed by atoms with Crippen LogP contribution in [0, 0.1) is 0 Å². The highest BCUT2D eigenvalue weighted by atomic mass is 35.5. The molecule has 3 rings (SSSR count). The quantitative estimate of drug-likeness (QED) is 0.345. The Balaban J connectivity index is 1.52. The Labute approximate surface area is 214 Å². The highest BCUT2D eigenvalue weighted by molar-refractivity contribution is 7.98. The molecule has 0 aliphatic carbocycles. The van der Waals surface area contributed by atoms with Gasteiger partial charge in [-0.1, -0.05) is 29.3 Å². The summed E-state index contributed by atoms with van der Waals surface area (Å²) in [7, 11) is -0.753. The van der Waals surface area contributed by atoms with Gasteiger partial charge in [0.1, 0.15) is 5.75 Å². The molecule has 180 valence electrons. The summed E-state index contributed by atoms with van der Waals surface area (Å²) >= 11 is 13.7. The predicted molar refractivity (Wildman–Crippen MR) is 140 cm³/mol. The number of ether oxygens (including phenoxy) is 1. The van der Waals surface area contributed by atoms with Crippen LogP contribution >= 0.6 is 35.0 Å². The van der Waals surface area contributed by atoms with E-state index in [1.165, 1.54) is 30.6 Å². The topological polar surface area (TPSA) is 75.7 Å². The number of halogens is 2. The Morgan fingerprint density at radius 2 is 1.71 bits per heavy atom. The number of carbonyl (C=O) groups excluding carboxylic acids is 1. The Kier molecular flexibility index (Phi) is 9.13. The first-order valence-corrected chi connectivity index (χ1v) is 13.6. The zero-order valence-electron chi connectivity index (χ0n) is 18.6. The fourth-order valence-corrected chi connectivity index (χ4v) is 5.64. The monoisotopic (exact) mass is 538 g/mol. The Hall–Kier alpha value is -2.39. The van der Waals surface area contributed by atoms with Crippen molar-refractivity contribution in [3.8, 4) is 5.75 Å². The third kappa shape index (κ3) is 6.60. The standard InChI is InChI=1S/C24H24Cl2N2O4S2/c1-28(34(30,31)22-11-9-21(32-2)10-12-22)20-7-4-17(5-8-20)24(29)27-13-14-33-16-18-3-6-19(25)15-23(18)26/h3-12,15H,13-14,16H2,1-2H3,(H,27,29). The van der Waals surface area contributed by atoms with Gasteiger partial charge in [0.25, 0.3) is 15.9 Å². The number of benzene rings is 3. The van der Waals surface area contributed by atoms with E-state index in [0.29, 0.717) is 39.3 Å². The van der Waals surface area contributed by atoms with E-state index in [4.69, 9.17) is 27.9 Å². The average molecular weight is 540 g/mol. The molecule has 10 heteroatoms. The van der Waals surface area contributed by atoms with E-state index >= 15 is 0 Å². The SMILES string of the molecule is COc1ccc(S(=O)(=O)N(C)c2ccc(C(=O)NCCSCc3ccc(Cl)cc3Cl)cc2)cc1. The minimum atomic E-state index is -3.74. The number of nitrogens with one attached hydrogen (secondary N) is 1. The Morgan fingerprint density at radius 1 is 1.03 bits per heavy atom. The highest BCUT2D eigenvalue weighted by Gasteiger charge is 2.21. The van der Waals surface area contributed by atoms with Crippen molar-refractivity contribution in [2.24, 2.45) is 0 Å². The number of amides is 1. The largest absolute Gasteiger partial charge is 0.497 e. The van der Waals surface area contributed by atoms with Gasteiger partial charge in [-0.05, 0) is 66.2 Å². The first-order valence-electron chi connectivity index (χ1n) is 10.3. The van der Waals surface area contributed by atoms with Crippen molar-refractivity contribution in [2.75, 3.05) is 30.8 Å². The summed E-state index contributed by atoms with van der Waals surface area (Å²) in [6.45, 7) is 0.488. The smallest absolute Gasteiger partial charge is 0.264 e. The van der Waals surface area contributed by atoms with Crippen molar-refractivity contribution < 1.29 is 17.9 Å². The van der Waals surface area contributed by atoms with Gasteiger partial charge in [0.15, 0.2) is 0 Å². The lowest BCUT2D eigenvalue weighted by Crippen LogP contribution is -2.27. The highest BCUT2D eigenvalue weighted by Crippen LogP contribution is 2.25. The third-order valence-electron chi connectivity index (χ3n) is 5.02. The molecule has 0 aliphatic heterocycles. The molecule has 0 aromatic heterocycles. The lowest BCUT2D eigenvalue weighted by molar-refractivity contribution is 0.0956. The first kappa shape index (κ1) is 26.2. The zero-order valence-corrected chi connectivity index (χ0v) is 21.8. The maximum Gasteiger partial charge on any atom is 0.264 e. The average Bonchev–Trinajstić information content (AvgIpc) is 2.84. The van der Waals surface area contributed by atoms with Crippen LogP contribution in [-0.4, -0.2) is 40.8 Å². The van der Waals surface area contributed by atoms with E-state index in [0.717, 1.165) is 11.3 Å². The molecule has 0 heterocycles.